The maximum atomic E-state index is 12.0. The molecule has 18 heavy (non-hydrogen) atoms. The van der Waals surface area contributed by atoms with E-state index < -0.39 is 5.54 Å². The Labute approximate surface area is 109 Å². The summed E-state index contributed by atoms with van der Waals surface area (Å²) in [5.41, 5.74) is 0.267. The molecule has 0 radical (unpaired) electrons. The van der Waals surface area contributed by atoms with Gasteiger partial charge in [-0.2, -0.15) is 0 Å². The van der Waals surface area contributed by atoms with Crippen LogP contribution in [0, 0.1) is 6.92 Å². The second-order valence-corrected chi connectivity index (χ2v) is 6.00. The fourth-order valence-corrected chi connectivity index (χ4v) is 3.52. The van der Waals surface area contributed by atoms with Gasteiger partial charge >= 0.3 is 6.03 Å². The zero-order chi connectivity index (χ0) is 12.8. The van der Waals surface area contributed by atoms with Crippen LogP contribution >= 0.6 is 11.3 Å². The summed E-state index contributed by atoms with van der Waals surface area (Å²) < 4.78 is 0. The lowest BCUT2D eigenvalue weighted by Gasteiger charge is -2.30. The number of hydrogen-bond donors (Lipinski definition) is 1. The standard InChI is InChI=1S/C12H15N3O2S/c1-8-13-9(7-18-8)6-15-11(17)14-10(16)12(15)4-2-3-5-12/h7H,2-6H2,1H3,(H,14,16,17). The highest BCUT2D eigenvalue weighted by atomic mass is 32.1. The van der Waals surface area contributed by atoms with Gasteiger partial charge in [0.25, 0.3) is 5.91 Å². The third-order valence-corrected chi connectivity index (χ3v) is 4.64. The van der Waals surface area contributed by atoms with Crippen molar-refractivity contribution in [3.63, 3.8) is 0 Å². The Morgan fingerprint density at radius 2 is 2.17 bits per heavy atom. The van der Waals surface area contributed by atoms with Crippen LogP contribution in [-0.2, 0) is 11.3 Å². The summed E-state index contributed by atoms with van der Waals surface area (Å²) in [6.45, 7) is 2.37. The van der Waals surface area contributed by atoms with Crippen molar-refractivity contribution in [1.82, 2.24) is 15.2 Å². The topological polar surface area (TPSA) is 62.3 Å². The summed E-state index contributed by atoms with van der Waals surface area (Å²) in [5.74, 6) is -0.128. The Morgan fingerprint density at radius 3 is 2.78 bits per heavy atom. The van der Waals surface area contributed by atoms with Crippen molar-refractivity contribution in [2.75, 3.05) is 0 Å². The van der Waals surface area contributed by atoms with E-state index in [1.54, 1.807) is 16.2 Å². The van der Waals surface area contributed by atoms with Gasteiger partial charge in [0, 0.05) is 5.38 Å². The van der Waals surface area contributed by atoms with Crippen molar-refractivity contribution in [2.24, 2.45) is 0 Å². The highest BCUT2D eigenvalue weighted by Gasteiger charge is 2.54. The summed E-state index contributed by atoms with van der Waals surface area (Å²) in [5, 5.41) is 5.39. The van der Waals surface area contributed by atoms with Crippen molar-refractivity contribution in [3.8, 4) is 0 Å². The minimum absolute atomic E-state index is 0.128. The number of amides is 3. The van der Waals surface area contributed by atoms with Crippen LogP contribution in [0.2, 0.25) is 0 Å². The molecule has 1 aliphatic carbocycles. The van der Waals surface area contributed by atoms with Gasteiger partial charge in [0.15, 0.2) is 0 Å². The lowest BCUT2D eigenvalue weighted by Crippen LogP contribution is -2.46. The molecule has 6 heteroatoms. The summed E-state index contributed by atoms with van der Waals surface area (Å²) in [6.07, 6.45) is 3.56. The summed E-state index contributed by atoms with van der Waals surface area (Å²) in [4.78, 5) is 30.0. The second-order valence-electron chi connectivity index (χ2n) is 4.94. The monoisotopic (exact) mass is 265 g/mol. The average molecular weight is 265 g/mol. The highest BCUT2D eigenvalue weighted by Crippen LogP contribution is 2.39. The summed E-state index contributed by atoms with van der Waals surface area (Å²) in [7, 11) is 0. The molecule has 5 nitrogen and oxygen atoms in total. The first-order valence-electron chi connectivity index (χ1n) is 6.16. The molecule has 3 rings (SSSR count). The number of nitrogens with zero attached hydrogens (tertiary/aromatic N) is 2. The molecular formula is C12H15N3O2S. The predicted molar refractivity (Wildman–Crippen MR) is 67.1 cm³/mol. The molecule has 1 saturated carbocycles. The molecule has 0 unspecified atom stereocenters. The predicted octanol–water partition coefficient (Wildman–Crippen LogP) is 1.82. The number of thiazole rings is 1. The molecule has 1 saturated heterocycles. The van der Waals surface area contributed by atoms with E-state index in [0.717, 1.165) is 36.4 Å². The van der Waals surface area contributed by atoms with Crippen molar-refractivity contribution in [2.45, 2.75) is 44.7 Å². The van der Waals surface area contributed by atoms with Gasteiger partial charge in [-0.1, -0.05) is 12.8 Å². The first-order chi connectivity index (χ1) is 8.62. The van der Waals surface area contributed by atoms with Crippen molar-refractivity contribution in [3.05, 3.63) is 16.1 Å². The van der Waals surface area contributed by atoms with Crippen LogP contribution in [0.25, 0.3) is 0 Å². The van der Waals surface area contributed by atoms with E-state index >= 15 is 0 Å². The number of carbonyl (C=O) groups is 2. The van der Waals surface area contributed by atoms with Gasteiger partial charge in [-0.15, -0.1) is 11.3 Å². The number of carbonyl (C=O) groups excluding carboxylic acids is 2. The third-order valence-electron chi connectivity index (χ3n) is 3.82. The Kier molecular flexibility index (Phi) is 2.62. The molecule has 1 spiro atoms. The largest absolute Gasteiger partial charge is 0.325 e. The lowest BCUT2D eigenvalue weighted by atomic mass is 9.96. The quantitative estimate of drug-likeness (QED) is 0.830. The summed E-state index contributed by atoms with van der Waals surface area (Å²) in [6, 6.07) is -0.271. The van der Waals surface area contributed by atoms with E-state index in [9.17, 15) is 9.59 Å². The van der Waals surface area contributed by atoms with E-state index in [4.69, 9.17) is 0 Å². The molecule has 2 aliphatic rings. The highest BCUT2D eigenvalue weighted by molar-refractivity contribution is 7.09. The molecule has 0 atom stereocenters. The van der Waals surface area contributed by atoms with Gasteiger partial charge in [0.05, 0.1) is 17.2 Å². The van der Waals surface area contributed by atoms with E-state index in [-0.39, 0.29) is 11.9 Å². The number of imide groups is 1. The van der Waals surface area contributed by atoms with Gasteiger partial charge in [-0.05, 0) is 19.8 Å². The Hall–Kier alpha value is -1.43. The van der Waals surface area contributed by atoms with Crippen LogP contribution < -0.4 is 5.32 Å². The van der Waals surface area contributed by atoms with E-state index in [2.05, 4.69) is 10.3 Å². The Bertz CT molecular complexity index is 505. The van der Waals surface area contributed by atoms with E-state index in [1.807, 2.05) is 12.3 Å². The fourth-order valence-electron chi connectivity index (χ4n) is 2.92. The van der Waals surface area contributed by atoms with Crippen LogP contribution in [0.5, 0.6) is 0 Å². The maximum Gasteiger partial charge on any atom is 0.325 e. The molecule has 1 aromatic heterocycles. The average Bonchev–Trinajstić information content (AvgIpc) is 2.99. The number of aromatic nitrogens is 1. The van der Waals surface area contributed by atoms with Gasteiger partial charge in [-0.3, -0.25) is 10.1 Å². The van der Waals surface area contributed by atoms with Crippen LogP contribution in [-0.4, -0.2) is 27.4 Å². The molecule has 1 aromatic rings. The van der Waals surface area contributed by atoms with Crippen LogP contribution in [0.15, 0.2) is 5.38 Å². The van der Waals surface area contributed by atoms with Crippen LogP contribution in [0.4, 0.5) is 4.79 Å². The fraction of sp³-hybridized carbons (Fsp3) is 0.583. The third kappa shape index (κ3) is 1.63. The van der Waals surface area contributed by atoms with Gasteiger partial charge < -0.3 is 4.90 Å². The number of nitrogens with one attached hydrogen (secondary N) is 1. The minimum Gasteiger partial charge on any atom is -0.304 e. The molecule has 0 bridgehead atoms. The molecule has 96 valence electrons. The van der Waals surface area contributed by atoms with Crippen molar-refractivity contribution in [1.29, 1.82) is 0 Å². The smallest absolute Gasteiger partial charge is 0.304 e. The number of hydrogen-bond acceptors (Lipinski definition) is 4. The molecule has 3 amide bonds. The zero-order valence-electron chi connectivity index (χ0n) is 10.2. The first kappa shape index (κ1) is 11.6. The molecule has 2 heterocycles. The number of aryl methyl sites for hydroxylation is 1. The molecular weight excluding hydrogens is 250 g/mol. The molecule has 1 N–H and O–H groups in total. The van der Waals surface area contributed by atoms with Crippen LogP contribution in [0.3, 0.4) is 0 Å². The maximum absolute atomic E-state index is 12.0. The lowest BCUT2D eigenvalue weighted by molar-refractivity contribution is -0.126. The Balaban J connectivity index is 1.89. The van der Waals surface area contributed by atoms with Crippen molar-refractivity contribution >= 4 is 23.3 Å². The van der Waals surface area contributed by atoms with Gasteiger partial charge in [-0.25, -0.2) is 9.78 Å². The van der Waals surface area contributed by atoms with E-state index in [1.165, 1.54) is 0 Å². The minimum atomic E-state index is -0.603. The SMILES string of the molecule is Cc1nc(CN2C(=O)NC(=O)C23CCCC3)cs1. The molecule has 1 aliphatic heterocycles. The molecule has 0 aromatic carbocycles. The van der Waals surface area contributed by atoms with Crippen LogP contribution in [0.1, 0.15) is 36.4 Å². The number of rotatable bonds is 2. The zero-order valence-corrected chi connectivity index (χ0v) is 11.0. The first-order valence-corrected chi connectivity index (χ1v) is 7.04. The van der Waals surface area contributed by atoms with E-state index in [0.29, 0.717) is 6.54 Å². The Morgan fingerprint density at radius 1 is 1.44 bits per heavy atom. The van der Waals surface area contributed by atoms with Gasteiger partial charge in [0.1, 0.15) is 5.54 Å². The normalized spacial score (nSPS) is 21.9. The summed E-state index contributed by atoms with van der Waals surface area (Å²) >= 11 is 1.57. The number of urea groups is 1. The second kappa shape index (κ2) is 4.05. The van der Waals surface area contributed by atoms with Crippen molar-refractivity contribution < 1.29 is 9.59 Å². The molecule has 2 fully saturated rings. The van der Waals surface area contributed by atoms with Gasteiger partial charge in [0.2, 0.25) is 0 Å².